The number of allylic oxidation sites excluding steroid dienone is 16. The summed E-state index contributed by atoms with van der Waals surface area (Å²) in [6.45, 7) is 0. The van der Waals surface area contributed by atoms with Crippen LogP contribution in [0.4, 0.5) is 0 Å². The summed E-state index contributed by atoms with van der Waals surface area (Å²) in [6, 6.07) is 75.6. The van der Waals surface area contributed by atoms with Gasteiger partial charge in [-0.2, -0.15) is 0 Å². The van der Waals surface area contributed by atoms with Gasteiger partial charge in [0.2, 0.25) is 0 Å². The van der Waals surface area contributed by atoms with Crippen LogP contribution in [0.5, 0.6) is 0 Å². The van der Waals surface area contributed by atoms with E-state index in [1.54, 1.807) is 50.1 Å². The van der Waals surface area contributed by atoms with Gasteiger partial charge in [-0.25, -0.2) is 0 Å². The minimum atomic E-state index is -2.64. The van der Waals surface area contributed by atoms with Gasteiger partial charge in [-0.1, -0.05) is 298 Å². The molecule has 0 radical (unpaired) electrons. The Hall–Kier alpha value is -7.32. The number of rotatable bonds is 17. The Morgan fingerprint density at radius 1 is 0.382 bits per heavy atom. The first kappa shape index (κ1) is 71.7. The third-order valence-corrected chi connectivity index (χ3v) is 38.5. The first-order valence-electron chi connectivity index (χ1n) is 45.5. The van der Waals surface area contributed by atoms with Gasteiger partial charge in [-0.15, -0.1) is 0 Å². The third-order valence-electron chi connectivity index (χ3n) is 33.7. The predicted molar refractivity (Wildman–Crippen MR) is 466 cm³/mol. The quantitative estimate of drug-likeness (QED) is 0.0484. The van der Waals surface area contributed by atoms with Crippen molar-refractivity contribution in [1.82, 2.24) is 0 Å². The van der Waals surface area contributed by atoms with E-state index in [0.29, 0.717) is 53.3 Å². The molecule has 0 N–H and O–H groups in total. The summed E-state index contributed by atoms with van der Waals surface area (Å²) in [5, 5.41) is 5.83. The molecule has 0 aromatic heterocycles. The molecule has 0 nitrogen and oxygen atoms in total. The Kier molecular flexibility index (Phi) is 20.6. The van der Waals surface area contributed by atoms with Crippen molar-refractivity contribution in [3.8, 4) is 0 Å². The monoisotopic (exact) mass is 1460 g/mol. The summed E-state index contributed by atoms with van der Waals surface area (Å²) in [4.78, 5) is 0. The Morgan fingerprint density at radius 2 is 1.02 bits per heavy atom. The molecule has 0 spiro atoms. The predicted octanol–water partition coefficient (Wildman–Crippen LogP) is 26.2. The van der Waals surface area contributed by atoms with Gasteiger partial charge in [0, 0.05) is 5.41 Å². The van der Waals surface area contributed by atoms with E-state index < -0.39 is 8.07 Å². The lowest BCUT2D eigenvalue weighted by atomic mass is 9.49. The Labute approximate surface area is 663 Å². The van der Waals surface area contributed by atoms with Crippen molar-refractivity contribution < 1.29 is 0 Å². The standard InChI is InChI=1S/C109H124Si/c1-8-25-75(26-9-1)76-43-49-81(50-44-76)107(82-51-45-77(46-52-82)84-55-56-88-71-87-27-22-23-40-97(87)104(88)72-84)101-70-69-98(99-41-24-42-100(99)101)80-47-53-83(54-48-80)108-102-67-61-85(78-57-63-92(64-58-78)109(89-28-10-2-11-29-89,90-30-12-3-13-31-90)91-32-14-4-15-33-91)73-105(102)106-74-86(62-68-103(106)108)79-59-65-96(66-60-79)110(93-34-16-5-17-35-93,94-36-18-6-19-37-94)95-38-20-7-21-39-95/h1-12,14,16-21,25-26,28,34-39,45-47,51-53,57,59-61,63,65-67,72-73,76,80-81,83,86-91,97-101,103-104,106-108H,13,15,22-24,27,29-33,40-44,48-50,54-56,58,62,64,68-71,74H2. The molecule has 7 aromatic carbocycles. The lowest BCUT2D eigenvalue weighted by molar-refractivity contribution is 0.0448. The minimum Gasteiger partial charge on any atom is -0.0885 e. The second kappa shape index (κ2) is 31.6. The van der Waals surface area contributed by atoms with Crippen molar-refractivity contribution in [3.05, 3.63) is 312 Å². The Bertz CT molecular complexity index is 4460. The molecule has 13 aliphatic carbocycles. The summed E-state index contributed by atoms with van der Waals surface area (Å²) in [5.74, 6) is 15.0. The summed E-state index contributed by atoms with van der Waals surface area (Å²) in [6.07, 6.45) is 74.5. The molecule has 18 atom stereocenters. The van der Waals surface area contributed by atoms with Crippen LogP contribution in [-0.2, 0) is 0 Å². The number of hydrogen-bond donors (Lipinski definition) is 0. The zero-order valence-electron chi connectivity index (χ0n) is 66.2. The third kappa shape index (κ3) is 13.2. The molecule has 7 aromatic rings. The van der Waals surface area contributed by atoms with Gasteiger partial charge in [0.1, 0.15) is 0 Å². The average molecular weight is 1460 g/mol. The van der Waals surface area contributed by atoms with Gasteiger partial charge < -0.3 is 0 Å². The topological polar surface area (TPSA) is 0 Å². The fraction of sp³-hybridized carbons (Fsp3) is 0.468. The smallest absolute Gasteiger partial charge is 0.0885 e. The van der Waals surface area contributed by atoms with E-state index >= 15 is 0 Å². The molecule has 110 heavy (non-hydrogen) atoms. The number of benzene rings is 7. The van der Waals surface area contributed by atoms with E-state index in [9.17, 15) is 0 Å². The second-order valence-electron chi connectivity index (χ2n) is 38.2. The van der Waals surface area contributed by atoms with Gasteiger partial charge in [0.05, 0.1) is 0 Å². The van der Waals surface area contributed by atoms with E-state index in [4.69, 9.17) is 0 Å². The van der Waals surface area contributed by atoms with Gasteiger partial charge in [-0.3, -0.25) is 0 Å². The van der Waals surface area contributed by atoms with E-state index in [1.807, 2.05) is 0 Å². The molecule has 20 rings (SSSR count). The average Bonchev–Trinajstić information content (AvgIpc) is 1.15. The Morgan fingerprint density at radius 3 is 1.68 bits per heavy atom. The van der Waals surface area contributed by atoms with Crippen LogP contribution in [-0.4, -0.2) is 8.07 Å². The molecule has 0 bridgehead atoms. The Balaban J connectivity index is 0.597. The van der Waals surface area contributed by atoms with Crippen molar-refractivity contribution in [3.63, 3.8) is 0 Å². The molecule has 6 saturated carbocycles. The van der Waals surface area contributed by atoms with Gasteiger partial charge >= 0.3 is 0 Å². The van der Waals surface area contributed by atoms with Crippen molar-refractivity contribution in [2.45, 2.75) is 222 Å². The summed E-state index contributed by atoms with van der Waals surface area (Å²) in [7, 11) is -2.64. The molecular formula is C109H124Si. The first-order chi connectivity index (χ1) is 54.5. The van der Waals surface area contributed by atoms with Crippen molar-refractivity contribution in [2.24, 2.45) is 94.2 Å². The highest BCUT2D eigenvalue weighted by Gasteiger charge is 2.55. The summed E-state index contributed by atoms with van der Waals surface area (Å²) in [5.41, 5.74) is 16.6. The molecule has 0 saturated heterocycles. The van der Waals surface area contributed by atoms with Crippen LogP contribution >= 0.6 is 0 Å². The molecule has 18 unspecified atom stereocenters. The fourth-order valence-corrected chi connectivity index (χ4v) is 33.7. The van der Waals surface area contributed by atoms with Crippen LogP contribution in [0.1, 0.15) is 261 Å². The van der Waals surface area contributed by atoms with E-state index in [-0.39, 0.29) is 5.41 Å². The first-order valence-corrected chi connectivity index (χ1v) is 47.5. The summed E-state index contributed by atoms with van der Waals surface area (Å²) >= 11 is 0. The highest BCUT2D eigenvalue weighted by Crippen LogP contribution is 2.65. The van der Waals surface area contributed by atoms with Gasteiger partial charge in [-0.05, 0) is 356 Å². The maximum absolute atomic E-state index is 2.90. The zero-order valence-corrected chi connectivity index (χ0v) is 67.2. The molecule has 0 heterocycles. The molecular weight excluding hydrogens is 1340 g/mol. The lowest BCUT2D eigenvalue weighted by Crippen LogP contribution is -2.74. The highest BCUT2D eigenvalue weighted by molar-refractivity contribution is 7.19. The minimum absolute atomic E-state index is 0.190. The number of fused-ring (bicyclic) bond motifs is 7. The molecule has 1 heteroatoms. The lowest BCUT2D eigenvalue weighted by Gasteiger charge is -2.54. The zero-order chi connectivity index (χ0) is 73.0. The summed E-state index contributed by atoms with van der Waals surface area (Å²) < 4.78 is 0. The van der Waals surface area contributed by atoms with Crippen molar-refractivity contribution >= 4 is 40.0 Å². The van der Waals surface area contributed by atoms with Crippen LogP contribution in [0, 0.1) is 94.2 Å². The van der Waals surface area contributed by atoms with E-state index in [0.717, 1.165) is 71.5 Å². The fourth-order valence-electron chi connectivity index (χ4n) is 29.0. The molecule has 13 aliphatic rings. The van der Waals surface area contributed by atoms with Gasteiger partial charge in [0.15, 0.2) is 8.07 Å². The van der Waals surface area contributed by atoms with Gasteiger partial charge in [0.25, 0.3) is 0 Å². The number of hydrogen-bond acceptors (Lipinski definition) is 0. The van der Waals surface area contributed by atoms with Crippen molar-refractivity contribution in [2.75, 3.05) is 0 Å². The largest absolute Gasteiger partial charge is 0.179 e. The van der Waals surface area contributed by atoms with E-state index in [1.165, 1.54) is 213 Å². The SMILES string of the molecule is C1=CCC(C(C2=CC=C(c3ccc4c(c3)C3CC(c5ccc([Si](c6ccccc6)(c6ccccc6)c6ccccc6)cc5)CCC3C4C3C=CC(C4CCC(C(c5ccc(C6=CC7C(CC6)CC6CCCCC67)cc5)C5CCC(c6ccccc6)CC5)C5CCCC45)CC3)CC2)(C2CC=CCC2)C2CC=CCC2)C=C1. The normalized spacial score (nSPS) is 33.9. The highest BCUT2D eigenvalue weighted by atomic mass is 28.3. The van der Waals surface area contributed by atoms with Crippen LogP contribution in [0.15, 0.2) is 273 Å². The maximum atomic E-state index is 2.90. The van der Waals surface area contributed by atoms with Crippen LogP contribution in [0.25, 0.3) is 11.1 Å². The molecule has 564 valence electrons. The molecule has 0 aliphatic heterocycles. The van der Waals surface area contributed by atoms with Crippen LogP contribution < -0.4 is 20.7 Å². The van der Waals surface area contributed by atoms with E-state index in [2.05, 4.69) is 267 Å². The van der Waals surface area contributed by atoms with Crippen LogP contribution in [0.3, 0.4) is 0 Å². The maximum Gasteiger partial charge on any atom is 0.179 e. The van der Waals surface area contributed by atoms with Crippen molar-refractivity contribution in [1.29, 1.82) is 0 Å². The molecule has 6 fully saturated rings. The second-order valence-corrected chi connectivity index (χ2v) is 42.0. The molecule has 0 amide bonds. The van der Waals surface area contributed by atoms with Crippen LogP contribution in [0.2, 0.25) is 0 Å².